The fourth-order valence-electron chi connectivity index (χ4n) is 3.58. The molecule has 28 heavy (non-hydrogen) atoms. The third kappa shape index (κ3) is 7.45. The highest BCUT2D eigenvalue weighted by atomic mass is 35.5. The topological polar surface area (TPSA) is 77.6 Å². The van der Waals surface area contributed by atoms with Gasteiger partial charge in [0.2, 0.25) is 11.8 Å². The lowest BCUT2D eigenvalue weighted by Crippen LogP contribution is -2.49. The van der Waals surface area contributed by atoms with Gasteiger partial charge in [0.05, 0.1) is 0 Å². The molecule has 2 aliphatic heterocycles. The molecule has 2 N–H and O–H groups in total. The first kappa shape index (κ1) is 24.5. The maximum Gasteiger partial charge on any atom is 0.224 e. The Morgan fingerprint density at radius 1 is 1.14 bits per heavy atom. The number of amides is 2. The van der Waals surface area contributed by atoms with Crippen LogP contribution in [0.4, 0.5) is 5.82 Å². The quantitative estimate of drug-likeness (QED) is 0.683. The van der Waals surface area contributed by atoms with Crippen LogP contribution in [0, 0.1) is 5.92 Å². The highest BCUT2D eigenvalue weighted by Gasteiger charge is 2.21. The van der Waals surface area contributed by atoms with E-state index < -0.39 is 0 Å². The molecule has 0 bridgehead atoms. The smallest absolute Gasteiger partial charge is 0.224 e. The van der Waals surface area contributed by atoms with Gasteiger partial charge in [-0.25, -0.2) is 4.98 Å². The maximum atomic E-state index is 12.3. The SMILES string of the molecule is Cl.Cl.O=C(CCC1CCNC1)NCCC(=O)N1CCN(c2ccccn2)CC1. The minimum Gasteiger partial charge on any atom is -0.356 e. The number of pyridine rings is 1. The van der Waals surface area contributed by atoms with Crippen molar-refractivity contribution in [2.24, 2.45) is 5.92 Å². The van der Waals surface area contributed by atoms with Crippen LogP contribution in [-0.2, 0) is 9.59 Å². The van der Waals surface area contributed by atoms with Crippen molar-refractivity contribution in [2.75, 3.05) is 50.7 Å². The van der Waals surface area contributed by atoms with Crippen molar-refractivity contribution in [3.05, 3.63) is 24.4 Å². The Bertz CT molecular complexity index is 591. The first-order chi connectivity index (χ1) is 12.7. The molecule has 2 saturated heterocycles. The summed E-state index contributed by atoms with van der Waals surface area (Å²) in [6.07, 6.45) is 4.82. The Balaban J connectivity index is 0.00000196. The number of carbonyl (C=O) groups excluding carboxylic acids is 2. The summed E-state index contributed by atoms with van der Waals surface area (Å²) in [7, 11) is 0. The van der Waals surface area contributed by atoms with Gasteiger partial charge in [-0.15, -0.1) is 24.8 Å². The van der Waals surface area contributed by atoms with E-state index in [0.717, 1.165) is 44.8 Å². The summed E-state index contributed by atoms with van der Waals surface area (Å²) in [5, 5.41) is 6.20. The standard InChI is InChI=1S/C19H29N5O2.2ClH/c25-18(5-4-16-6-9-20-15-16)22-10-7-19(26)24-13-11-23(12-14-24)17-3-1-2-8-21-17;;/h1-3,8,16,20H,4-7,9-15H2,(H,22,25);2*1H. The molecular formula is C19H31Cl2N5O2. The van der Waals surface area contributed by atoms with Crippen LogP contribution in [0.3, 0.4) is 0 Å². The zero-order valence-electron chi connectivity index (χ0n) is 16.1. The lowest BCUT2D eigenvalue weighted by Gasteiger charge is -2.35. The second-order valence-electron chi connectivity index (χ2n) is 7.05. The number of hydrogen-bond donors (Lipinski definition) is 2. The van der Waals surface area contributed by atoms with Gasteiger partial charge in [0.15, 0.2) is 0 Å². The molecule has 2 amide bonds. The van der Waals surface area contributed by atoms with Gasteiger partial charge in [-0.1, -0.05) is 6.07 Å². The first-order valence-corrected chi connectivity index (χ1v) is 9.63. The van der Waals surface area contributed by atoms with Crippen LogP contribution in [-0.4, -0.2) is 67.5 Å². The van der Waals surface area contributed by atoms with E-state index in [-0.39, 0.29) is 36.6 Å². The normalized spacial score (nSPS) is 18.8. The Kier molecular flexibility index (Phi) is 11.2. The molecule has 3 rings (SSSR count). The molecule has 1 aromatic heterocycles. The number of anilines is 1. The average Bonchev–Trinajstić information content (AvgIpc) is 3.21. The summed E-state index contributed by atoms with van der Waals surface area (Å²) in [5.74, 6) is 1.76. The van der Waals surface area contributed by atoms with Gasteiger partial charge in [0.1, 0.15) is 5.82 Å². The van der Waals surface area contributed by atoms with E-state index in [2.05, 4.69) is 20.5 Å². The van der Waals surface area contributed by atoms with Crippen molar-refractivity contribution in [1.82, 2.24) is 20.5 Å². The van der Waals surface area contributed by atoms with Crippen LogP contribution in [0.25, 0.3) is 0 Å². The molecule has 1 unspecified atom stereocenters. The molecule has 0 aromatic carbocycles. The minimum atomic E-state index is 0. The molecule has 1 aromatic rings. The van der Waals surface area contributed by atoms with Crippen molar-refractivity contribution in [2.45, 2.75) is 25.7 Å². The van der Waals surface area contributed by atoms with E-state index in [1.165, 1.54) is 0 Å². The Labute approximate surface area is 179 Å². The number of piperazine rings is 1. The Morgan fingerprint density at radius 3 is 2.57 bits per heavy atom. The highest BCUT2D eigenvalue weighted by molar-refractivity contribution is 5.85. The fraction of sp³-hybridized carbons (Fsp3) is 0.632. The first-order valence-electron chi connectivity index (χ1n) is 9.63. The second kappa shape index (κ2) is 12.8. The van der Waals surface area contributed by atoms with Gasteiger partial charge >= 0.3 is 0 Å². The molecule has 158 valence electrons. The molecule has 1 atom stereocenters. The zero-order valence-corrected chi connectivity index (χ0v) is 17.8. The Hall–Kier alpha value is -1.57. The predicted octanol–water partition coefficient (Wildman–Crippen LogP) is 1.47. The Morgan fingerprint density at radius 2 is 1.93 bits per heavy atom. The van der Waals surface area contributed by atoms with Crippen LogP contribution in [0.5, 0.6) is 0 Å². The van der Waals surface area contributed by atoms with Crippen molar-refractivity contribution in [1.29, 1.82) is 0 Å². The van der Waals surface area contributed by atoms with Gasteiger partial charge in [-0.2, -0.15) is 0 Å². The maximum absolute atomic E-state index is 12.3. The molecule has 0 radical (unpaired) electrons. The highest BCUT2D eigenvalue weighted by Crippen LogP contribution is 2.14. The van der Waals surface area contributed by atoms with Crippen molar-refractivity contribution < 1.29 is 9.59 Å². The van der Waals surface area contributed by atoms with Crippen LogP contribution in [0.15, 0.2) is 24.4 Å². The minimum absolute atomic E-state index is 0. The number of hydrogen-bond acceptors (Lipinski definition) is 5. The van der Waals surface area contributed by atoms with Crippen LogP contribution >= 0.6 is 24.8 Å². The fourth-order valence-corrected chi connectivity index (χ4v) is 3.58. The molecule has 2 fully saturated rings. The molecule has 2 aliphatic rings. The summed E-state index contributed by atoms with van der Waals surface area (Å²) in [4.78, 5) is 32.7. The monoisotopic (exact) mass is 431 g/mol. The van der Waals surface area contributed by atoms with E-state index in [1.807, 2.05) is 23.1 Å². The number of halogens is 2. The molecule has 3 heterocycles. The zero-order chi connectivity index (χ0) is 18.2. The van der Waals surface area contributed by atoms with Crippen LogP contribution in [0.1, 0.15) is 25.7 Å². The van der Waals surface area contributed by atoms with E-state index in [4.69, 9.17) is 0 Å². The molecule has 7 nitrogen and oxygen atoms in total. The lowest BCUT2D eigenvalue weighted by molar-refractivity contribution is -0.131. The van der Waals surface area contributed by atoms with Crippen LogP contribution in [0.2, 0.25) is 0 Å². The number of nitrogens with zero attached hydrogens (tertiary/aromatic N) is 3. The average molecular weight is 432 g/mol. The van der Waals surface area contributed by atoms with E-state index in [0.29, 0.717) is 38.4 Å². The van der Waals surface area contributed by atoms with Gasteiger partial charge in [0, 0.05) is 51.8 Å². The summed E-state index contributed by atoms with van der Waals surface area (Å²) in [6, 6.07) is 5.88. The predicted molar refractivity (Wildman–Crippen MR) is 115 cm³/mol. The van der Waals surface area contributed by atoms with Gasteiger partial charge < -0.3 is 20.4 Å². The second-order valence-corrected chi connectivity index (χ2v) is 7.05. The summed E-state index contributed by atoms with van der Waals surface area (Å²) in [5.41, 5.74) is 0. The van der Waals surface area contributed by atoms with Crippen molar-refractivity contribution in [3.8, 4) is 0 Å². The van der Waals surface area contributed by atoms with Gasteiger partial charge in [0.25, 0.3) is 0 Å². The van der Waals surface area contributed by atoms with E-state index in [9.17, 15) is 9.59 Å². The number of carbonyl (C=O) groups is 2. The number of aromatic nitrogens is 1. The summed E-state index contributed by atoms with van der Waals surface area (Å²) < 4.78 is 0. The molecular weight excluding hydrogens is 401 g/mol. The van der Waals surface area contributed by atoms with E-state index in [1.54, 1.807) is 6.20 Å². The van der Waals surface area contributed by atoms with Crippen molar-refractivity contribution >= 4 is 42.4 Å². The molecule has 9 heteroatoms. The van der Waals surface area contributed by atoms with E-state index >= 15 is 0 Å². The molecule has 0 saturated carbocycles. The third-order valence-electron chi connectivity index (χ3n) is 5.21. The largest absolute Gasteiger partial charge is 0.356 e. The van der Waals surface area contributed by atoms with Gasteiger partial charge in [-0.05, 0) is 44.0 Å². The molecule has 0 spiro atoms. The summed E-state index contributed by atoms with van der Waals surface area (Å²) >= 11 is 0. The van der Waals surface area contributed by atoms with Crippen molar-refractivity contribution in [3.63, 3.8) is 0 Å². The number of rotatable bonds is 7. The third-order valence-corrected chi connectivity index (χ3v) is 5.21. The number of nitrogens with one attached hydrogen (secondary N) is 2. The van der Waals surface area contributed by atoms with Gasteiger partial charge in [-0.3, -0.25) is 9.59 Å². The van der Waals surface area contributed by atoms with Crippen LogP contribution < -0.4 is 15.5 Å². The summed E-state index contributed by atoms with van der Waals surface area (Å²) in [6.45, 7) is 5.52. The molecule has 0 aliphatic carbocycles. The lowest BCUT2D eigenvalue weighted by atomic mass is 10.0.